The fraction of sp³-hybridized carbons (Fsp3) is 0.333. The van der Waals surface area contributed by atoms with E-state index in [-0.39, 0.29) is 17.2 Å². The van der Waals surface area contributed by atoms with E-state index in [2.05, 4.69) is 0 Å². The minimum atomic E-state index is -1.20. The highest BCUT2D eigenvalue weighted by atomic mass is 16.5. The zero-order valence-corrected chi connectivity index (χ0v) is 14.3. The van der Waals surface area contributed by atoms with Crippen molar-refractivity contribution >= 4 is 0 Å². The standard InChI is InChI=1S/C18H22O7/c1-22-12-6-4-5-7-13(12)25-16(10-19)17(20)11-8-14(23-2)18(21)15(9-11)24-3/h4-9,16-17,19-21H,10H2,1-3H3. The highest BCUT2D eigenvalue weighted by Gasteiger charge is 2.26. The highest BCUT2D eigenvalue weighted by molar-refractivity contribution is 5.53. The van der Waals surface area contributed by atoms with E-state index < -0.39 is 18.8 Å². The van der Waals surface area contributed by atoms with Gasteiger partial charge < -0.3 is 34.3 Å². The first-order valence-corrected chi connectivity index (χ1v) is 7.59. The Morgan fingerprint density at radius 3 is 1.88 bits per heavy atom. The summed E-state index contributed by atoms with van der Waals surface area (Å²) in [6.45, 7) is -0.440. The molecule has 0 aliphatic carbocycles. The van der Waals surface area contributed by atoms with Gasteiger partial charge in [-0.25, -0.2) is 0 Å². The Balaban J connectivity index is 2.32. The number of ether oxygens (including phenoxy) is 4. The van der Waals surface area contributed by atoms with Gasteiger partial charge in [-0.05, 0) is 29.8 Å². The van der Waals surface area contributed by atoms with Gasteiger partial charge in [-0.3, -0.25) is 0 Å². The molecule has 2 aromatic rings. The van der Waals surface area contributed by atoms with Crippen LogP contribution in [0.2, 0.25) is 0 Å². The smallest absolute Gasteiger partial charge is 0.200 e. The van der Waals surface area contributed by atoms with Gasteiger partial charge in [-0.2, -0.15) is 0 Å². The number of phenolic OH excluding ortho intramolecular Hbond substituents is 1. The molecule has 2 aromatic carbocycles. The van der Waals surface area contributed by atoms with Crippen LogP contribution in [0.3, 0.4) is 0 Å². The molecule has 0 saturated carbocycles. The van der Waals surface area contributed by atoms with Crippen LogP contribution >= 0.6 is 0 Å². The summed E-state index contributed by atoms with van der Waals surface area (Å²) in [4.78, 5) is 0. The van der Waals surface area contributed by atoms with Crippen molar-refractivity contribution in [1.29, 1.82) is 0 Å². The molecule has 7 nitrogen and oxygen atoms in total. The summed E-state index contributed by atoms with van der Waals surface area (Å²) >= 11 is 0. The molecule has 0 heterocycles. The Labute approximate surface area is 146 Å². The number of aliphatic hydroxyl groups is 2. The average molecular weight is 350 g/mol. The summed E-state index contributed by atoms with van der Waals surface area (Å²) in [5.74, 6) is 0.978. The lowest BCUT2D eigenvalue weighted by molar-refractivity contribution is -0.000610. The fourth-order valence-corrected chi connectivity index (χ4v) is 2.38. The molecule has 0 aliphatic rings. The maximum absolute atomic E-state index is 10.6. The molecule has 0 aromatic heterocycles. The third-order valence-corrected chi connectivity index (χ3v) is 3.72. The minimum Gasteiger partial charge on any atom is -0.502 e. The molecule has 0 fully saturated rings. The number of rotatable bonds is 8. The van der Waals surface area contributed by atoms with E-state index in [0.717, 1.165) is 0 Å². The Hall–Kier alpha value is -2.64. The van der Waals surface area contributed by atoms with Gasteiger partial charge in [0.15, 0.2) is 29.1 Å². The highest BCUT2D eigenvalue weighted by Crippen LogP contribution is 2.40. The Morgan fingerprint density at radius 2 is 1.40 bits per heavy atom. The second kappa shape index (κ2) is 8.46. The zero-order valence-electron chi connectivity index (χ0n) is 14.3. The molecule has 2 rings (SSSR count). The van der Waals surface area contributed by atoms with E-state index in [1.807, 2.05) is 0 Å². The molecular weight excluding hydrogens is 328 g/mol. The van der Waals surface area contributed by atoms with Crippen molar-refractivity contribution in [3.8, 4) is 28.7 Å². The van der Waals surface area contributed by atoms with Crippen molar-refractivity contribution in [2.24, 2.45) is 0 Å². The van der Waals surface area contributed by atoms with Crippen molar-refractivity contribution in [2.75, 3.05) is 27.9 Å². The third kappa shape index (κ3) is 4.07. The van der Waals surface area contributed by atoms with Gasteiger partial charge in [0.05, 0.1) is 27.9 Å². The topological polar surface area (TPSA) is 97.6 Å². The molecule has 7 heteroatoms. The molecule has 0 amide bonds. The predicted octanol–water partition coefficient (Wildman–Crippen LogP) is 1.89. The Bertz CT molecular complexity index is 677. The van der Waals surface area contributed by atoms with E-state index in [1.54, 1.807) is 24.3 Å². The Kier molecular flexibility index (Phi) is 6.32. The minimum absolute atomic E-state index is 0.141. The van der Waals surface area contributed by atoms with Crippen molar-refractivity contribution in [3.63, 3.8) is 0 Å². The largest absolute Gasteiger partial charge is 0.502 e. The molecule has 136 valence electrons. The number of para-hydroxylation sites is 2. The van der Waals surface area contributed by atoms with E-state index in [4.69, 9.17) is 18.9 Å². The van der Waals surface area contributed by atoms with Crippen LogP contribution in [0.15, 0.2) is 36.4 Å². The molecule has 0 radical (unpaired) electrons. The molecular formula is C18H22O7. The van der Waals surface area contributed by atoms with Gasteiger partial charge in [-0.15, -0.1) is 0 Å². The summed E-state index contributed by atoms with van der Waals surface area (Å²) in [6.07, 6.45) is -2.16. The summed E-state index contributed by atoms with van der Waals surface area (Å²) in [6, 6.07) is 9.83. The van der Waals surface area contributed by atoms with Gasteiger partial charge in [-0.1, -0.05) is 12.1 Å². The van der Waals surface area contributed by atoms with Crippen LogP contribution in [0.4, 0.5) is 0 Å². The molecule has 2 unspecified atom stereocenters. The van der Waals surface area contributed by atoms with Gasteiger partial charge in [0.2, 0.25) is 5.75 Å². The van der Waals surface area contributed by atoms with E-state index in [1.165, 1.54) is 33.5 Å². The quantitative estimate of drug-likeness (QED) is 0.669. The summed E-state index contributed by atoms with van der Waals surface area (Å²) in [7, 11) is 4.28. The molecule has 0 spiro atoms. The average Bonchev–Trinajstić information content (AvgIpc) is 2.65. The van der Waals surface area contributed by atoms with Gasteiger partial charge >= 0.3 is 0 Å². The van der Waals surface area contributed by atoms with E-state index in [0.29, 0.717) is 17.1 Å². The molecule has 25 heavy (non-hydrogen) atoms. The number of aliphatic hydroxyl groups excluding tert-OH is 2. The van der Waals surface area contributed by atoms with Gasteiger partial charge in [0.1, 0.15) is 6.10 Å². The van der Waals surface area contributed by atoms with Crippen LogP contribution in [0.1, 0.15) is 11.7 Å². The lowest BCUT2D eigenvalue weighted by Crippen LogP contribution is -2.29. The summed E-state index contributed by atoms with van der Waals surface area (Å²) in [5.41, 5.74) is 0.362. The van der Waals surface area contributed by atoms with Gasteiger partial charge in [0, 0.05) is 0 Å². The van der Waals surface area contributed by atoms with Crippen molar-refractivity contribution in [2.45, 2.75) is 12.2 Å². The predicted molar refractivity (Wildman–Crippen MR) is 90.7 cm³/mol. The maximum atomic E-state index is 10.6. The first-order chi connectivity index (χ1) is 12.0. The molecule has 0 bridgehead atoms. The SMILES string of the molecule is COc1ccccc1OC(CO)C(O)c1cc(OC)c(O)c(OC)c1. The lowest BCUT2D eigenvalue weighted by atomic mass is 10.0. The molecule has 3 N–H and O–H groups in total. The number of methoxy groups -OCH3 is 3. The number of hydrogen-bond acceptors (Lipinski definition) is 7. The zero-order chi connectivity index (χ0) is 18.4. The number of aromatic hydroxyl groups is 1. The van der Waals surface area contributed by atoms with E-state index >= 15 is 0 Å². The van der Waals surface area contributed by atoms with Crippen LogP contribution in [0.25, 0.3) is 0 Å². The second-order valence-electron chi connectivity index (χ2n) is 5.21. The summed E-state index contributed by atoms with van der Waals surface area (Å²) < 4.78 is 21.1. The van der Waals surface area contributed by atoms with Crippen LogP contribution in [0, 0.1) is 0 Å². The number of phenols is 1. The molecule has 0 saturated heterocycles. The van der Waals surface area contributed by atoms with Crippen molar-refractivity contribution < 1.29 is 34.3 Å². The molecule has 2 atom stereocenters. The Morgan fingerprint density at radius 1 is 0.880 bits per heavy atom. The lowest BCUT2D eigenvalue weighted by Gasteiger charge is -2.24. The second-order valence-corrected chi connectivity index (χ2v) is 5.21. The van der Waals surface area contributed by atoms with Crippen LogP contribution < -0.4 is 18.9 Å². The first kappa shape index (κ1) is 18.7. The summed E-state index contributed by atoms with van der Waals surface area (Å²) in [5, 5.41) is 30.2. The van der Waals surface area contributed by atoms with E-state index in [9.17, 15) is 15.3 Å². The normalized spacial score (nSPS) is 13.0. The fourth-order valence-electron chi connectivity index (χ4n) is 2.38. The van der Waals surface area contributed by atoms with Crippen molar-refractivity contribution in [1.82, 2.24) is 0 Å². The number of hydrogen-bond donors (Lipinski definition) is 3. The van der Waals surface area contributed by atoms with Crippen LogP contribution in [-0.2, 0) is 0 Å². The third-order valence-electron chi connectivity index (χ3n) is 3.72. The molecule has 0 aliphatic heterocycles. The van der Waals surface area contributed by atoms with Crippen molar-refractivity contribution in [3.05, 3.63) is 42.0 Å². The van der Waals surface area contributed by atoms with Crippen LogP contribution in [-0.4, -0.2) is 49.4 Å². The van der Waals surface area contributed by atoms with Crippen LogP contribution in [0.5, 0.6) is 28.7 Å². The first-order valence-electron chi connectivity index (χ1n) is 7.59. The number of benzene rings is 2. The van der Waals surface area contributed by atoms with Gasteiger partial charge in [0.25, 0.3) is 0 Å². The maximum Gasteiger partial charge on any atom is 0.200 e. The monoisotopic (exact) mass is 350 g/mol.